The number of rotatable bonds is 9. The van der Waals surface area contributed by atoms with Gasteiger partial charge in [0.1, 0.15) is 5.76 Å². The summed E-state index contributed by atoms with van der Waals surface area (Å²) in [6.45, 7) is 0.894. The summed E-state index contributed by atoms with van der Waals surface area (Å²) in [4.78, 5) is 19.2. The summed E-state index contributed by atoms with van der Waals surface area (Å²) in [5.74, 6) is 1.88. The van der Waals surface area contributed by atoms with Gasteiger partial charge in [-0.2, -0.15) is 4.98 Å². The summed E-state index contributed by atoms with van der Waals surface area (Å²) in [5, 5.41) is 4.05. The maximum absolute atomic E-state index is 12.9. The average Bonchev–Trinajstić information content (AvgIpc) is 3.48. The van der Waals surface area contributed by atoms with E-state index in [-0.39, 0.29) is 5.91 Å². The Morgan fingerprint density at radius 3 is 2.40 bits per heavy atom. The lowest BCUT2D eigenvalue weighted by molar-refractivity contribution is -0.132. The van der Waals surface area contributed by atoms with Crippen molar-refractivity contribution in [2.24, 2.45) is 0 Å². The number of hydrogen-bond acceptors (Lipinski definition) is 5. The zero-order valence-electron chi connectivity index (χ0n) is 16.6. The van der Waals surface area contributed by atoms with Crippen molar-refractivity contribution < 1.29 is 13.7 Å². The van der Waals surface area contributed by atoms with Crippen LogP contribution in [0.2, 0.25) is 0 Å². The third-order valence-electron chi connectivity index (χ3n) is 4.85. The molecule has 0 saturated heterocycles. The highest BCUT2D eigenvalue weighted by Crippen LogP contribution is 2.16. The van der Waals surface area contributed by atoms with Crippen molar-refractivity contribution in [3.05, 3.63) is 96.3 Å². The first-order valence-corrected chi connectivity index (χ1v) is 10.00. The number of benzene rings is 2. The third-order valence-corrected chi connectivity index (χ3v) is 4.85. The molecule has 1 amide bonds. The monoisotopic (exact) mass is 401 g/mol. The van der Waals surface area contributed by atoms with Gasteiger partial charge in [-0.1, -0.05) is 65.8 Å². The van der Waals surface area contributed by atoms with E-state index in [0.717, 1.165) is 16.9 Å². The van der Waals surface area contributed by atoms with Gasteiger partial charge in [0, 0.05) is 24.9 Å². The van der Waals surface area contributed by atoms with Crippen LogP contribution in [0.4, 0.5) is 0 Å². The lowest BCUT2D eigenvalue weighted by atomic mass is 10.1. The predicted molar refractivity (Wildman–Crippen MR) is 112 cm³/mol. The Hall–Kier alpha value is -3.67. The van der Waals surface area contributed by atoms with Crippen LogP contribution >= 0.6 is 0 Å². The first-order chi connectivity index (χ1) is 14.8. The zero-order valence-corrected chi connectivity index (χ0v) is 16.6. The normalized spacial score (nSPS) is 10.8. The molecule has 152 valence electrons. The fourth-order valence-corrected chi connectivity index (χ4v) is 3.23. The van der Waals surface area contributed by atoms with E-state index in [1.54, 1.807) is 11.2 Å². The minimum Gasteiger partial charge on any atom is -0.467 e. The van der Waals surface area contributed by atoms with Crippen LogP contribution in [0, 0.1) is 0 Å². The number of carbonyl (C=O) groups is 1. The average molecular weight is 401 g/mol. The van der Waals surface area contributed by atoms with Crippen LogP contribution < -0.4 is 0 Å². The molecule has 0 radical (unpaired) electrons. The van der Waals surface area contributed by atoms with Crippen LogP contribution in [0.15, 0.2) is 88.0 Å². The molecule has 0 bridgehead atoms. The molecule has 0 aliphatic carbocycles. The molecule has 6 nitrogen and oxygen atoms in total. The number of hydrogen-bond donors (Lipinski definition) is 0. The number of furan rings is 1. The van der Waals surface area contributed by atoms with Crippen LogP contribution in [0.1, 0.15) is 23.6 Å². The van der Waals surface area contributed by atoms with Crippen molar-refractivity contribution >= 4 is 5.91 Å². The lowest BCUT2D eigenvalue weighted by Crippen LogP contribution is -2.32. The van der Waals surface area contributed by atoms with Gasteiger partial charge in [-0.25, -0.2) is 0 Å². The maximum atomic E-state index is 12.9. The number of aryl methyl sites for hydroxylation is 1. The Balaban J connectivity index is 1.39. The summed E-state index contributed by atoms with van der Waals surface area (Å²) in [7, 11) is 0. The van der Waals surface area contributed by atoms with E-state index < -0.39 is 0 Å². The van der Waals surface area contributed by atoms with E-state index in [9.17, 15) is 4.79 Å². The van der Waals surface area contributed by atoms with Crippen LogP contribution in [-0.4, -0.2) is 27.5 Å². The molecule has 2 aromatic carbocycles. The van der Waals surface area contributed by atoms with Crippen molar-refractivity contribution in [3.63, 3.8) is 0 Å². The minimum atomic E-state index is 0.0676. The Kier molecular flexibility index (Phi) is 6.35. The van der Waals surface area contributed by atoms with E-state index in [4.69, 9.17) is 8.94 Å². The van der Waals surface area contributed by atoms with Crippen LogP contribution in [0.3, 0.4) is 0 Å². The molecule has 4 rings (SSSR count). The molecule has 0 N–H and O–H groups in total. The van der Waals surface area contributed by atoms with Crippen molar-refractivity contribution in [2.45, 2.75) is 25.8 Å². The molecule has 0 fully saturated rings. The number of carbonyl (C=O) groups excluding carboxylic acids is 1. The van der Waals surface area contributed by atoms with Gasteiger partial charge in [0.25, 0.3) is 0 Å². The summed E-state index contributed by atoms with van der Waals surface area (Å²) in [6, 6.07) is 23.4. The Bertz CT molecular complexity index is 1040. The van der Waals surface area contributed by atoms with Gasteiger partial charge in [-0.3, -0.25) is 4.79 Å². The molecular weight excluding hydrogens is 378 g/mol. The summed E-state index contributed by atoms with van der Waals surface area (Å²) in [5.41, 5.74) is 2.05. The molecule has 4 aromatic rings. The van der Waals surface area contributed by atoms with E-state index in [2.05, 4.69) is 10.1 Å². The van der Waals surface area contributed by atoms with Gasteiger partial charge in [0.15, 0.2) is 0 Å². The standard InChI is InChI=1S/C24H23N3O3/c28-23(14-13-19-8-3-1-4-9-19)27(18-21-12-7-17-29-21)16-15-22-25-24(26-30-22)20-10-5-2-6-11-20/h1-12,17H,13-16,18H2. The largest absolute Gasteiger partial charge is 0.467 e. The second-order valence-electron chi connectivity index (χ2n) is 7.01. The van der Waals surface area contributed by atoms with Gasteiger partial charge >= 0.3 is 0 Å². The number of nitrogens with zero attached hydrogens (tertiary/aromatic N) is 3. The lowest BCUT2D eigenvalue weighted by Gasteiger charge is -2.21. The third kappa shape index (κ3) is 5.23. The summed E-state index contributed by atoms with van der Waals surface area (Å²) < 4.78 is 10.8. The Morgan fingerprint density at radius 2 is 1.67 bits per heavy atom. The van der Waals surface area contributed by atoms with Gasteiger partial charge in [0.05, 0.1) is 12.8 Å². The molecule has 30 heavy (non-hydrogen) atoms. The van der Waals surface area contributed by atoms with Crippen molar-refractivity contribution in [1.82, 2.24) is 15.0 Å². The first-order valence-electron chi connectivity index (χ1n) is 10.00. The maximum Gasteiger partial charge on any atom is 0.228 e. The smallest absolute Gasteiger partial charge is 0.228 e. The fraction of sp³-hybridized carbons (Fsp3) is 0.208. The quantitative estimate of drug-likeness (QED) is 0.412. The molecule has 6 heteroatoms. The second kappa shape index (κ2) is 9.69. The van der Waals surface area contributed by atoms with E-state index in [0.29, 0.717) is 44.1 Å². The molecule has 0 saturated carbocycles. The van der Waals surface area contributed by atoms with E-state index in [1.165, 1.54) is 0 Å². The van der Waals surface area contributed by atoms with Crippen molar-refractivity contribution in [1.29, 1.82) is 0 Å². The van der Waals surface area contributed by atoms with Gasteiger partial charge < -0.3 is 13.8 Å². The SMILES string of the molecule is O=C(CCc1ccccc1)N(CCc1nc(-c2ccccc2)no1)Cc1ccco1. The van der Waals surface area contributed by atoms with Crippen LogP contribution in [-0.2, 0) is 24.2 Å². The van der Waals surface area contributed by atoms with Crippen molar-refractivity contribution in [3.8, 4) is 11.4 Å². The minimum absolute atomic E-state index is 0.0676. The molecule has 2 aromatic heterocycles. The Labute approximate surface area is 175 Å². The molecule has 0 unspecified atom stereocenters. The zero-order chi connectivity index (χ0) is 20.6. The molecule has 0 atom stereocenters. The van der Waals surface area contributed by atoms with E-state index in [1.807, 2.05) is 72.8 Å². The van der Waals surface area contributed by atoms with Crippen LogP contribution in [0.5, 0.6) is 0 Å². The number of aromatic nitrogens is 2. The second-order valence-corrected chi connectivity index (χ2v) is 7.01. The van der Waals surface area contributed by atoms with E-state index >= 15 is 0 Å². The Morgan fingerprint density at radius 1 is 0.900 bits per heavy atom. The molecular formula is C24H23N3O3. The number of amides is 1. The topological polar surface area (TPSA) is 72.4 Å². The fourth-order valence-electron chi connectivity index (χ4n) is 3.23. The highest BCUT2D eigenvalue weighted by atomic mass is 16.5. The van der Waals surface area contributed by atoms with Crippen LogP contribution in [0.25, 0.3) is 11.4 Å². The summed E-state index contributed by atoms with van der Waals surface area (Å²) >= 11 is 0. The molecule has 0 aliphatic heterocycles. The predicted octanol–water partition coefficient (Wildman–Crippen LogP) is 4.53. The van der Waals surface area contributed by atoms with Gasteiger partial charge in [0.2, 0.25) is 17.6 Å². The molecule has 0 spiro atoms. The van der Waals surface area contributed by atoms with Gasteiger partial charge in [-0.05, 0) is 24.1 Å². The highest BCUT2D eigenvalue weighted by molar-refractivity contribution is 5.76. The highest BCUT2D eigenvalue weighted by Gasteiger charge is 2.17. The molecule has 2 heterocycles. The van der Waals surface area contributed by atoms with Crippen molar-refractivity contribution in [2.75, 3.05) is 6.54 Å². The molecule has 0 aliphatic rings. The first kappa shape index (κ1) is 19.6. The summed E-state index contributed by atoms with van der Waals surface area (Å²) in [6.07, 6.45) is 3.24. The van der Waals surface area contributed by atoms with Gasteiger partial charge in [-0.15, -0.1) is 0 Å².